The van der Waals surface area contributed by atoms with E-state index < -0.39 is 0 Å². The first-order valence-corrected chi connectivity index (χ1v) is 4.92. The molecular weight excluding hydrogens is 202 g/mol. The van der Waals surface area contributed by atoms with Crippen LogP contribution in [0.3, 0.4) is 0 Å². The Hall–Kier alpha value is -0.610. The molecule has 4 nitrogen and oxygen atoms in total. The fourth-order valence-corrected chi connectivity index (χ4v) is 1.84. The average Bonchev–Trinajstić information content (AvgIpc) is 2.70. The van der Waals surface area contributed by atoms with Crippen molar-refractivity contribution in [1.82, 2.24) is 10.1 Å². The van der Waals surface area contributed by atoms with Crippen LogP contribution in [0.2, 0.25) is 0 Å². The summed E-state index contributed by atoms with van der Waals surface area (Å²) in [6, 6.07) is 0. The summed E-state index contributed by atoms with van der Waals surface area (Å²) in [7, 11) is 0. The molecule has 5 heteroatoms. The third-order valence-electron chi connectivity index (χ3n) is 2.56. The van der Waals surface area contributed by atoms with Crippen molar-refractivity contribution < 1.29 is 4.52 Å². The van der Waals surface area contributed by atoms with E-state index in [2.05, 4.69) is 10.1 Å². The van der Waals surface area contributed by atoms with Crippen molar-refractivity contribution in [2.24, 2.45) is 5.73 Å². The Kier molecular flexibility index (Phi) is 4.35. The molecule has 1 saturated carbocycles. The van der Waals surface area contributed by atoms with Gasteiger partial charge in [-0.05, 0) is 19.4 Å². The van der Waals surface area contributed by atoms with Gasteiger partial charge >= 0.3 is 0 Å². The highest BCUT2D eigenvalue weighted by molar-refractivity contribution is 5.85. The maximum atomic E-state index is 5.40. The van der Waals surface area contributed by atoms with Crippen LogP contribution in [0.25, 0.3) is 0 Å². The average molecular weight is 218 g/mol. The number of aromatic nitrogens is 2. The number of hydrogen-bond acceptors (Lipinski definition) is 4. The van der Waals surface area contributed by atoms with Gasteiger partial charge in [-0.25, -0.2) is 0 Å². The molecule has 1 aliphatic carbocycles. The summed E-state index contributed by atoms with van der Waals surface area (Å²) in [6.07, 6.45) is 5.70. The third kappa shape index (κ3) is 2.45. The van der Waals surface area contributed by atoms with Gasteiger partial charge in [0, 0.05) is 12.3 Å². The van der Waals surface area contributed by atoms with E-state index in [1.54, 1.807) is 0 Å². The zero-order valence-corrected chi connectivity index (χ0v) is 8.92. The highest BCUT2D eigenvalue weighted by Gasteiger charge is 2.22. The zero-order valence-electron chi connectivity index (χ0n) is 8.11. The van der Waals surface area contributed by atoms with Gasteiger partial charge < -0.3 is 10.3 Å². The lowest BCUT2D eigenvalue weighted by Crippen LogP contribution is -2.04. The summed E-state index contributed by atoms with van der Waals surface area (Å²) < 4.78 is 5.18. The molecule has 1 aliphatic rings. The van der Waals surface area contributed by atoms with Crippen LogP contribution in [-0.2, 0) is 6.42 Å². The Morgan fingerprint density at radius 1 is 1.36 bits per heavy atom. The predicted octanol–water partition coefficient (Wildman–Crippen LogP) is 1.65. The number of halogens is 1. The van der Waals surface area contributed by atoms with Crippen molar-refractivity contribution in [3.05, 3.63) is 11.7 Å². The van der Waals surface area contributed by atoms with Gasteiger partial charge in [0.15, 0.2) is 5.82 Å². The van der Waals surface area contributed by atoms with E-state index in [1.165, 1.54) is 25.7 Å². The molecular formula is C9H16ClN3O. The van der Waals surface area contributed by atoms with E-state index in [0.29, 0.717) is 12.5 Å². The van der Waals surface area contributed by atoms with Crippen molar-refractivity contribution in [2.45, 2.75) is 38.0 Å². The van der Waals surface area contributed by atoms with Gasteiger partial charge in [0.25, 0.3) is 0 Å². The van der Waals surface area contributed by atoms with Gasteiger partial charge in [-0.1, -0.05) is 18.0 Å². The van der Waals surface area contributed by atoms with Crippen molar-refractivity contribution in [3.8, 4) is 0 Å². The van der Waals surface area contributed by atoms with Crippen LogP contribution in [0, 0.1) is 0 Å². The molecule has 2 N–H and O–H groups in total. The normalized spacial score (nSPS) is 16.9. The van der Waals surface area contributed by atoms with E-state index in [-0.39, 0.29) is 12.4 Å². The summed E-state index contributed by atoms with van der Waals surface area (Å²) in [5.74, 6) is 2.09. The molecule has 0 spiro atoms. The second-order valence-electron chi connectivity index (χ2n) is 3.57. The van der Waals surface area contributed by atoms with Gasteiger partial charge in [-0.3, -0.25) is 0 Å². The quantitative estimate of drug-likeness (QED) is 0.836. The van der Waals surface area contributed by atoms with Crippen LogP contribution < -0.4 is 5.73 Å². The fraction of sp³-hybridized carbons (Fsp3) is 0.778. The van der Waals surface area contributed by atoms with E-state index in [9.17, 15) is 0 Å². The first-order chi connectivity index (χ1) is 6.40. The summed E-state index contributed by atoms with van der Waals surface area (Å²) >= 11 is 0. The standard InChI is InChI=1S/C9H15N3O.ClH/c10-6-5-8-11-9(13-12-8)7-3-1-2-4-7;/h7H,1-6,10H2;1H. The molecule has 0 bridgehead atoms. The van der Waals surface area contributed by atoms with Crippen LogP contribution >= 0.6 is 12.4 Å². The lowest BCUT2D eigenvalue weighted by atomic mass is 10.1. The summed E-state index contributed by atoms with van der Waals surface area (Å²) in [5, 5.41) is 3.88. The molecule has 14 heavy (non-hydrogen) atoms. The van der Waals surface area contributed by atoms with E-state index >= 15 is 0 Å². The van der Waals surface area contributed by atoms with Crippen LogP contribution in [0.4, 0.5) is 0 Å². The molecule has 0 amide bonds. The molecule has 0 aromatic carbocycles. The first kappa shape index (κ1) is 11.5. The van der Waals surface area contributed by atoms with E-state index in [4.69, 9.17) is 10.3 Å². The number of nitrogens with zero attached hydrogens (tertiary/aromatic N) is 2. The topological polar surface area (TPSA) is 64.9 Å². The molecule has 1 fully saturated rings. The van der Waals surface area contributed by atoms with Crippen molar-refractivity contribution in [2.75, 3.05) is 6.54 Å². The van der Waals surface area contributed by atoms with Crippen molar-refractivity contribution in [3.63, 3.8) is 0 Å². The summed E-state index contributed by atoms with van der Waals surface area (Å²) in [4.78, 5) is 4.32. The molecule has 1 aromatic rings. The summed E-state index contributed by atoms with van der Waals surface area (Å²) in [6.45, 7) is 0.587. The Morgan fingerprint density at radius 2 is 2.07 bits per heavy atom. The lowest BCUT2D eigenvalue weighted by Gasteiger charge is -1.98. The van der Waals surface area contributed by atoms with E-state index in [1.807, 2.05) is 0 Å². The fourth-order valence-electron chi connectivity index (χ4n) is 1.84. The van der Waals surface area contributed by atoms with Gasteiger partial charge in [0.2, 0.25) is 5.89 Å². The maximum absolute atomic E-state index is 5.40. The highest BCUT2D eigenvalue weighted by atomic mass is 35.5. The van der Waals surface area contributed by atoms with Gasteiger partial charge in [0.1, 0.15) is 0 Å². The Bertz CT molecular complexity index is 271. The van der Waals surface area contributed by atoms with Crippen molar-refractivity contribution >= 4 is 12.4 Å². The molecule has 0 aliphatic heterocycles. The molecule has 0 saturated heterocycles. The molecule has 0 atom stereocenters. The molecule has 0 unspecified atom stereocenters. The van der Waals surface area contributed by atoms with E-state index in [0.717, 1.165) is 18.1 Å². The highest BCUT2D eigenvalue weighted by Crippen LogP contribution is 2.32. The Balaban J connectivity index is 0.000000980. The molecule has 0 radical (unpaired) electrons. The van der Waals surface area contributed by atoms with Crippen LogP contribution in [-0.4, -0.2) is 16.7 Å². The summed E-state index contributed by atoms with van der Waals surface area (Å²) in [5.41, 5.74) is 5.40. The third-order valence-corrected chi connectivity index (χ3v) is 2.56. The predicted molar refractivity (Wildman–Crippen MR) is 55.5 cm³/mol. The minimum absolute atomic E-state index is 0. The minimum atomic E-state index is 0. The second-order valence-corrected chi connectivity index (χ2v) is 3.57. The van der Waals surface area contributed by atoms with Crippen LogP contribution in [0.15, 0.2) is 4.52 Å². The molecule has 1 heterocycles. The number of nitrogens with two attached hydrogens (primary N) is 1. The molecule has 1 aromatic heterocycles. The lowest BCUT2D eigenvalue weighted by molar-refractivity contribution is 0.350. The van der Waals surface area contributed by atoms with Crippen LogP contribution in [0.5, 0.6) is 0 Å². The molecule has 2 rings (SSSR count). The van der Waals surface area contributed by atoms with Gasteiger partial charge in [-0.2, -0.15) is 4.98 Å². The number of hydrogen-bond donors (Lipinski definition) is 1. The number of rotatable bonds is 3. The smallest absolute Gasteiger partial charge is 0.229 e. The van der Waals surface area contributed by atoms with Gasteiger partial charge in [-0.15, -0.1) is 12.4 Å². The maximum Gasteiger partial charge on any atom is 0.229 e. The zero-order chi connectivity index (χ0) is 9.10. The largest absolute Gasteiger partial charge is 0.339 e. The Morgan fingerprint density at radius 3 is 2.71 bits per heavy atom. The SMILES string of the molecule is Cl.NCCc1noc(C2CCCC2)n1. The first-order valence-electron chi connectivity index (χ1n) is 4.92. The Labute approximate surface area is 89.7 Å². The monoisotopic (exact) mass is 217 g/mol. The van der Waals surface area contributed by atoms with Crippen molar-refractivity contribution in [1.29, 1.82) is 0 Å². The molecule has 80 valence electrons. The van der Waals surface area contributed by atoms with Gasteiger partial charge in [0.05, 0.1) is 0 Å². The second kappa shape index (κ2) is 5.32. The minimum Gasteiger partial charge on any atom is -0.339 e. The van der Waals surface area contributed by atoms with Crippen LogP contribution in [0.1, 0.15) is 43.3 Å².